The molecule has 25 heavy (non-hydrogen) atoms. The van der Waals surface area contributed by atoms with Gasteiger partial charge in [0.15, 0.2) is 0 Å². The van der Waals surface area contributed by atoms with Crippen LogP contribution in [0.5, 0.6) is 0 Å². The van der Waals surface area contributed by atoms with Gasteiger partial charge in [-0.15, -0.1) is 0 Å². The molecule has 2 aromatic rings. The molecule has 0 aliphatic heterocycles. The average Bonchev–Trinajstić information content (AvgIpc) is 2.51. The minimum atomic E-state index is -3.58. The maximum atomic E-state index is 12.3. The predicted molar refractivity (Wildman–Crippen MR) is 104 cm³/mol. The first kappa shape index (κ1) is 20.2. The van der Waals surface area contributed by atoms with Crippen LogP contribution in [0.1, 0.15) is 5.56 Å². The summed E-state index contributed by atoms with van der Waals surface area (Å²) in [5.74, 6) is -0.508. The van der Waals surface area contributed by atoms with Crippen molar-refractivity contribution in [2.75, 3.05) is 18.1 Å². The lowest BCUT2D eigenvalue weighted by molar-refractivity contribution is -0.116. The van der Waals surface area contributed by atoms with E-state index < -0.39 is 15.9 Å². The Labute approximate surface area is 165 Å². The molecule has 0 aliphatic carbocycles. The summed E-state index contributed by atoms with van der Waals surface area (Å²) in [6, 6.07) is 11.8. The van der Waals surface area contributed by atoms with Gasteiger partial charge in [-0.1, -0.05) is 51.3 Å². The van der Waals surface area contributed by atoms with Crippen molar-refractivity contribution >= 4 is 60.7 Å². The number of hydrogen-bond acceptors (Lipinski definition) is 3. The highest BCUT2D eigenvalue weighted by Gasteiger charge is 2.21. The van der Waals surface area contributed by atoms with E-state index in [0.717, 1.165) is 20.6 Å². The highest BCUT2D eigenvalue weighted by Crippen LogP contribution is 2.25. The SMILES string of the molecule is CS(=O)(=O)N(CC(=O)Nc1cc(Cl)ccc1Cl)Cc1ccc(Br)cc1. The minimum Gasteiger partial charge on any atom is -0.324 e. The number of sulfonamides is 1. The summed E-state index contributed by atoms with van der Waals surface area (Å²) in [7, 11) is -3.58. The molecule has 0 heterocycles. The van der Waals surface area contributed by atoms with Crippen LogP contribution in [0.15, 0.2) is 46.9 Å². The van der Waals surface area contributed by atoms with Gasteiger partial charge in [0.2, 0.25) is 15.9 Å². The van der Waals surface area contributed by atoms with Crippen molar-refractivity contribution < 1.29 is 13.2 Å². The van der Waals surface area contributed by atoms with Crippen LogP contribution >= 0.6 is 39.1 Å². The fraction of sp³-hybridized carbons (Fsp3) is 0.188. The van der Waals surface area contributed by atoms with E-state index in [1.165, 1.54) is 6.07 Å². The van der Waals surface area contributed by atoms with E-state index in [4.69, 9.17) is 23.2 Å². The molecule has 0 aliphatic rings. The molecule has 2 rings (SSSR count). The van der Waals surface area contributed by atoms with E-state index in [2.05, 4.69) is 21.2 Å². The zero-order valence-corrected chi connectivity index (χ0v) is 17.1. The summed E-state index contributed by atoms with van der Waals surface area (Å²) in [4.78, 5) is 12.3. The number of nitrogens with zero attached hydrogens (tertiary/aromatic N) is 1. The second-order valence-corrected chi connectivity index (χ2v) is 9.07. The van der Waals surface area contributed by atoms with Gasteiger partial charge >= 0.3 is 0 Å². The fourth-order valence-corrected chi connectivity index (χ4v) is 3.36. The normalized spacial score (nSPS) is 11.6. The lowest BCUT2D eigenvalue weighted by Gasteiger charge is -2.20. The van der Waals surface area contributed by atoms with Crippen molar-refractivity contribution in [1.82, 2.24) is 4.31 Å². The highest BCUT2D eigenvalue weighted by atomic mass is 79.9. The number of nitrogens with one attached hydrogen (secondary N) is 1. The Hall–Kier alpha value is -1.12. The Balaban J connectivity index is 2.12. The van der Waals surface area contributed by atoms with Crippen molar-refractivity contribution in [1.29, 1.82) is 0 Å². The number of benzene rings is 2. The van der Waals surface area contributed by atoms with Crippen LogP contribution in [0, 0.1) is 0 Å². The van der Waals surface area contributed by atoms with Gasteiger partial charge < -0.3 is 5.32 Å². The summed E-state index contributed by atoms with van der Waals surface area (Å²) < 4.78 is 26.0. The topological polar surface area (TPSA) is 66.5 Å². The minimum absolute atomic E-state index is 0.0861. The third-order valence-corrected chi connectivity index (χ3v) is 5.55. The van der Waals surface area contributed by atoms with Crippen LogP contribution < -0.4 is 5.32 Å². The summed E-state index contributed by atoms with van der Waals surface area (Å²) in [6.45, 7) is -0.249. The van der Waals surface area contributed by atoms with Crippen LogP contribution in [0.3, 0.4) is 0 Å². The molecule has 2 aromatic carbocycles. The van der Waals surface area contributed by atoms with Crippen LogP contribution in [0.4, 0.5) is 5.69 Å². The molecule has 0 saturated carbocycles. The molecular formula is C16H15BrCl2N2O3S. The van der Waals surface area contributed by atoms with Crippen molar-refractivity contribution in [3.05, 3.63) is 62.5 Å². The summed E-state index contributed by atoms with van der Waals surface area (Å²) in [6.07, 6.45) is 1.06. The molecule has 0 aromatic heterocycles. The number of rotatable bonds is 6. The van der Waals surface area contributed by atoms with Crippen LogP contribution in [-0.2, 0) is 21.4 Å². The van der Waals surface area contributed by atoms with Crippen LogP contribution in [-0.4, -0.2) is 31.4 Å². The van der Waals surface area contributed by atoms with E-state index in [1.807, 2.05) is 12.1 Å². The lowest BCUT2D eigenvalue weighted by atomic mass is 10.2. The zero-order valence-electron chi connectivity index (χ0n) is 13.2. The van der Waals surface area contributed by atoms with Gasteiger partial charge in [-0.3, -0.25) is 4.79 Å². The number of hydrogen-bond donors (Lipinski definition) is 1. The van der Waals surface area contributed by atoms with Gasteiger partial charge in [-0.25, -0.2) is 8.42 Å². The molecule has 0 spiro atoms. The molecule has 0 saturated heterocycles. The molecule has 1 N–H and O–H groups in total. The van der Waals surface area contributed by atoms with Gasteiger partial charge in [0.1, 0.15) is 0 Å². The van der Waals surface area contributed by atoms with Crippen molar-refractivity contribution in [2.45, 2.75) is 6.54 Å². The number of halogens is 3. The molecule has 0 radical (unpaired) electrons. The van der Waals surface area contributed by atoms with Gasteiger partial charge in [-0.2, -0.15) is 4.31 Å². The van der Waals surface area contributed by atoms with Gasteiger partial charge in [0.25, 0.3) is 0 Å². The molecule has 134 valence electrons. The monoisotopic (exact) mass is 464 g/mol. The van der Waals surface area contributed by atoms with Crippen LogP contribution in [0.25, 0.3) is 0 Å². The number of carbonyl (C=O) groups excluding carboxylic acids is 1. The lowest BCUT2D eigenvalue weighted by Crippen LogP contribution is -2.36. The van der Waals surface area contributed by atoms with E-state index in [-0.39, 0.29) is 13.1 Å². The molecule has 5 nitrogen and oxygen atoms in total. The summed E-state index contributed by atoms with van der Waals surface area (Å²) in [5.41, 5.74) is 1.10. The summed E-state index contributed by atoms with van der Waals surface area (Å²) in [5, 5.41) is 3.31. The maximum absolute atomic E-state index is 12.3. The van der Waals surface area contributed by atoms with Crippen LogP contribution in [0.2, 0.25) is 10.0 Å². The molecular weight excluding hydrogens is 451 g/mol. The van der Waals surface area contributed by atoms with Crippen molar-refractivity contribution in [3.63, 3.8) is 0 Å². The van der Waals surface area contributed by atoms with E-state index >= 15 is 0 Å². The van der Waals surface area contributed by atoms with Gasteiger partial charge in [-0.05, 0) is 35.9 Å². The quantitative estimate of drug-likeness (QED) is 0.696. The Morgan fingerprint density at radius 1 is 1.16 bits per heavy atom. The number of amides is 1. The third kappa shape index (κ3) is 6.27. The van der Waals surface area contributed by atoms with E-state index in [1.54, 1.807) is 24.3 Å². The first-order valence-electron chi connectivity index (χ1n) is 7.09. The maximum Gasteiger partial charge on any atom is 0.239 e. The summed E-state index contributed by atoms with van der Waals surface area (Å²) >= 11 is 15.2. The molecule has 0 fully saturated rings. The van der Waals surface area contributed by atoms with Crippen molar-refractivity contribution in [2.24, 2.45) is 0 Å². The highest BCUT2D eigenvalue weighted by molar-refractivity contribution is 9.10. The second kappa shape index (κ2) is 8.51. The Morgan fingerprint density at radius 2 is 1.80 bits per heavy atom. The standard InChI is InChI=1S/C16H15BrCl2N2O3S/c1-25(23,24)21(9-11-2-4-12(17)5-3-11)10-16(22)20-15-8-13(18)6-7-14(15)19/h2-8H,9-10H2,1H3,(H,20,22). The zero-order chi connectivity index (χ0) is 18.6. The largest absolute Gasteiger partial charge is 0.324 e. The Kier molecular flexibility index (Phi) is 6.87. The second-order valence-electron chi connectivity index (χ2n) is 5.33. The predicted octanol–water partition coefficient (Wildman–Crippen LogP) is 4.16. The number of anilines is 1. The van der Waals surface area contributed by atoms with Crippen molar-refractivity contribution in [3.8, 4) is 0 Å². The third-order valence-electron chi connectivity index (χ3n) is 3.26. The van der Waals surface area contributed by atoms with E-state index in [9.17, 15) is 13.2 Å². The Bertz CT molecular complexity index is 873. The fourth-order valence-electron chi connectivity index (χ4n) is 2.03. The molecule has 1 amide bonds. The first-order valence-corrected chi connectivity index (χ1v) is 10.5. The smallest absolute Gasteiger partial charge is 0.239 e. The average molecular weight is 466 g/mol. The molecule has 0 unspecified atom stereocenters. The number of carbonyl (C=O) groups is 1. The van der Waals surface area contributed by atoms with Gasteiger partial charge in [0.05, 0.1) is 23.5 Å². The Morgan fingerprint density at radius 3 is 2.40 bits per heavy atom. The van der Waals surface area contributed by atoms with E-state index in [0.29, 0.717) is 15.7 Å². The molecule has 0 bridgehead atoms. The molecule has 0 atom stereocenters. The first-order chi connectivity index (χ1) is 11.6. The molecule has 9 heteroatoms. The van der Waals surface area contributed by atoms with Gasteiger partial charge in [0, 0.05) is 16.0 Å².